The summed E-state index contributed by atoms with van der Waals surface area (Å²) in [6.45, 7) is -0.157. The first kappa shape index (κ1) is 21.0. The highest BCUT2D eigenvalue weighted by Gasteiger charge is 2.34. The first-order valence-corrected chi connectivity index (χ1v) is 7.94. The van der Waals surface area contributed by atoms with Gasteiger partial charge in [-0.1, -0.05) is 24.3 Å². The Bertz CT molecular complexity index is 758. The van der Waals surface area contributed by atoms with Crippen molar-refractivity contribution in [1.82, 2.24) is 5.01 Å². The molecule has 2 aromatic carbocycles. The van der Waals surface area contributed by atoms with Crippen molar-refractivity contribution in [3.8, 4) is 5.75 Å². The lowest BCUT2D eigenvalue weighted by molar-refractivity contribution is -0.139. The van der Waals surface area contributed by atoms with Crippen LogP contribution in [0.3, 0.4) is 0 Å². The van der Waals surface area contributed by atoms with E-state index in [1.54, 1.807) is 0 Å². The zero-order valence-corrected chi connectivity index (χ0v) is 14.3. The molecule has 0 saturated heterocycles. The molecule has 0 aliphatic rings. The summed E-state index contributed by atoms with van der Waals surface area (Å²) < 4.78 is 82.8. The maximum Gasteiger partial charge on any atom is 0.419 e. The van der Waals surface area contributed by atoms with Gasteiger partial charge in [0.1, 0.15) is 5.75 Å². The highest BCUT2D eigenvalue weighted by atomic mass is 19.4. The van der Waals surface area contributed by atoms with Crippen LogP contribution in [-0.4, -0.2) is 18.7 Å². The smallest absolute Gasteiger partial charge is 0.419 e. The third-order valence-electron chi connectivity index (χ3n) is 3.93. The number of hydrogen-bond acceptors (Lipinski definition) is 3. The minimum atomic E-state index is -4.57. The Morgan fingerprint density at radius 2 is 1.63 bits per heavy atom. The first-order chi connectivity index (χ1) is 12.5. The van der Waals surface area contributed by atoms with Crippen LogP contribution in [0.2, 0.25) is 0 Å². The van der Waals surface area contributed by atoms with Crippen molar-refractivity contribution in [1.29, 1.82) is 0 Å². The highest BCUT2D eigenvalue weighted by Crippen LogP contribution is 2.36. The predicted molar refractivity (Wildman–Crippen MR) is 87.7 cm³/mol. The van der Waals surface area contributed by atoms with Gasteiger partial charge >= 0.3 is 12.4 Å². The molecule has 2 aromatic rings. The molecule has 2 rings (SSSR count). The topological polar surface area (TPSA) is 38.5 Å². The summed E-state index contributed by atoms with van der Waals surface area (Å²) in [6.07, 6.45) is -8.97. The van der Waals surface area contributed by atoms with Gasteiger partial charge in [-0.2, -0.15) is 26.3 Å². The summed E-state index contributed by atoms with van der Waals surface area (Å²) in [7, 11) is 1.47. The number of benzene rings is 2. The van der Waals surface area contributed by atoms with Crippen molar-refractivity contribution >= 4 is 0 Å². The lowest BCUT2D eigenvalue weighted by Crippen LogP contribution is -2.32. The SMILES string of the molecule is CN(N)C(CCOc1ccccc1C(F)(F)F)c1cccc(C(F)(F)F)c1. The number of halogens is 6. The summed E-state index contributed by atoms with van der Waals surface area (Å²) in [5.74, 6) is 5.38. The lowest BCUT2D eigenvalue weighted by Gasteiger charge is -2.25. The fourth-order valence-electron chi connectivity index (χ4n) is 2.63. The van der Waals surface area contributed by atoms with Gasteiger partial charge in [-0.3, -0.25) is 5.84 Å². The Hall–Kier alpha value is -2.26. The quantitative estimate of drug-likeness (QED) is 0.425. The molecule has 0 saturated carbocycles. The molecule has 3 nitrogen and oxygen atoms in total. The number of nitrogens with two attached hydrogens (primary N) is 1. The van der Waals surface area contributed by atoms with E-state index in [0.717, 1.165) is 18.2 Å². The van der Waals surface area contributed by atoms with Crippen molar-refractivity contribution in [2.45, 2.75) is 24.8 Å². The third kappa shape index (κ3) is 5.61. The number of hydrazine groups is 1. The number of para-hydroxylation sites is 1. The van der Waals surface area contributed by atoms with Crippen molar-refractivity contribution in [3.63, 3.8) is 0 Å². The standard InChI is InChI=1S/C18H18F6N2O/c1-26(25)15(12-5-4-6-13(11-12)17(19,20)21)9-10-27-16-8-3-2-7-14(16)18(22,23)24/h2-8,11,15H,9-10,25H2,1H3. The lowest BCUT2D eigenvalue weighted by atomic mass is 10.0. The van der Waals surface area contributed by atoms with E-state index in [-0.39, 0.29) is 18.8 Å². The Morgan fingerprint density at radius 3 is 2.22 bits per heavy atom. The maximum atomic E-state index is 13.0. The Balaban J connectivity index is 2.13. The number of rotatable bonds is 6. The molecular formula is C18H18F6N2O. The zero-order valence-electron chi connectivity index (χ0n) is 14.3. The van der Waals surface area contributed by atoms with Gasteiger partial charge in [-0.05, 0) is 29.8 Å². The molecule has 0 amide bonds. The average molecular weight is 392 g/mol. The first-order valence-electron chi connectivity index (χ1n) is 7.94. The van der Waals surface area contributed by atoms with E-state index in [4.69, 9.17) is 10.6 Å². The minimum Gasteiger partial charge on any atom is -0.493 e. The van der Waals surface area contributed by atoms with Crippen LogP contribution in [0.1, 0.15) is 29.2 Å². The van der Waals surface area contributed by atoms with Crippen molar-refractivity contribution in [2.24, 2.45) is 5.84 Å². The molecule has 1 unspecified atom stereocenters. The maximum absolute atomic E-state index is 13.0. The average Bonchev–Trinajstić information content (AvgIpc) is 2.57. The second-order valence-corrected chi connectivity index (χ2v) is 5.94. The van der Waals surface area contributed by atoms with Crippen LogP contribution in [-0.2, 0) is 12.4 Å². The number of alkyl halides is 6. The Labute approximate surface area is 152 Å². The third-order valence-corrected chi connectivity index (χ3v) is 3.93. The van der Waals surface area contributed by atoms with E-state index in [9.17, 15) is 26.3 Å². The van der Waals surface area contributed by atoms with Gasteiger partial charge in [0.25, 0.3) is 0 Å². The zero-order chi connectivity index (χ0) is 20.2. The summed E-state index contributed by atoms with van der Waals surface area (Å²) in [5.41, 5.74) is -1.44. The fourth-order valence-corrected chi connectivity index (χ4v) is 2.63. The van der Waals surface area contributed by atoms with Crippen LogP contribution < -0.4 is 10.6 Å². The number of hydrogen-bond donors (Lipinski definition) is 1. The molecule has 0 aromatic heterocycles. The van der Waals surface area contributed by atoms with Gasteiger partial charge in [-0.25, -0.2) is 5.01 Å². The van der Waals surface area contributed by atoms with Gasteiger partial charge in [0.2, 0.25) is 0 Å². The molecule has 0 fully saturated rings. The van der Waals surface area contributed by atoms with Gasteiger partial charge < -0.3 is 4.74 Å². The van der Waals surface area contributed by atoms with E-state index >= 15 is 0 Å². The van der Waals surface area contributed by atoms with E-state index in [2.05, 4.69) is 0 Å². The molecule has 0 bridgehead atoms. The summed E-state index contributed by atoms with van der Waals surface area (Å²) in [5, 5.41) is 1.20. The molecule has 1 atom stereocenters. The molecule has 0 aliphatic heterocycles. The van der Waals surface area contributed by atoms with Crippen LogP contribution in [0.5, 0.6) is 5.75 Å². The summed E-state index contributed by atoms with van der Waals surface area (Å²) in [6, 6.07) is 8.72. The molecule has 27 heavy (non-hydrogen) atoms. The fraction of sp³-hybridized carbons (Fsp3) is 0.333. The molecular weight excluding hydrogens is 374 g/mol. The van der Waals surface area contributed by atoms with E-state index < -0.39 is 29.5 Å². The molecule has 148 valence electrons. The second-order valence-electron chi connectivity index (χ2n) is 5.94. The molecule has 0 heterocycles. The molecule has 0 aliphatic carbocycles. The van der Waals surface area contributed by atoms with Crippen LogP contribution in [0, 0.1) is 0 Å². The van der Waals surface area contributed by atoms with E-state index in [1.807, 2.05) is 0 Å². The van der Waals surface area contributed by atoms with Crippen molar-refractivity contribution < 1.29 is 31.1 Å². The number of ether oxygens (including phenoxy) is 1. The molecule has 9 heteroatoms. The normalized spacial score (nSPS) is 13.7. The molecule has 0 spiro atoms. The molecule has 2 N–H and O–H groups in total. The summed E-state index contributed by atoms with van der Waals surface area (Å²) in [4.78, 5) is 0. The minimum absolute atomic E-state index is 0.0977. The summed E-state index contributed by atoms with van der Waals surface area (Å²) >= 11 is 0. The van der Waals surface area contributed by atoms with E-state index in [0.29, 0.717) is 5.56 Å². The van der Waals surface area contributed by atoms with Gasteiger partial charge in [0.15, 0.2) is 0 Å². The molecule has 0 radical (unpaired) electrons. The van der Waals surface area contributed by atoms with Crippen molar-refractivity contribution in [2.75, 3.05) is 13.7 Å². The van der Waals surface area contributed by atoms with Crippen LogP contribution in [0.15, 0.2) is 48.5 Å². The Morgan fingerprint density at radius 1 is 0.963 bits per heavy atom. The van der Waals surface area contributed by atoms with Crippen LogP contribution in [0.4, 0.5) is 26.3 Å². The van der Waals surface area contributed by atoms with Crippen molar-refractivity contribution in [3.05, 3.63) is 65.2 Å². The Kier molecular flexibility index (Phi) is 6.38. The highest BCUT2D eigenvalue weighted by molar-refractivity contribution is 5.35. The predicted octanol–water partition coefficient (Wildman–Crippen LogP) is 5.04. The van der Waals surface area contributed by atoms with Crippen LogP contribution >= 0.6 is 0 Å². The monoisotopic (exact) mass is 392 g/mol. The van der Waals surface area contributed by atoms with Gasteiger partial charge in [0.05, 0.1) is 23.8 Å². The van der Waals surface area contributed by atoms with Crippen LogP contribution in [0.25, 0.3) is 0 Å². The van der Waals surface area contributed by atoms with Gasteiger partial charge in [-0.15, -0.1) is 0 Å². The van der Waals surface area contributed by atoms with E-state index in [1.165, 1.54) is 42.4 Å². The largest absolute Gasteiger partial charge is 0.493 e. The van der Waals surface area contributed by atoms with Gasteiger partial charge in [0, 0.05) is 13.5 Å². The number of nitrogens with zero attached hydrogens (tertiary/aromatic N) is 1. The second kappa shape index (κ2) is 8.18.